The lowest BCUT2D eigenvalue weighted by molar-refractivity contribution is 0.897. The van der Waals surface area contributed by atoms with E-state index in [4.69, 9.17) is 5.73 Å². The summed E-state index contributed by atoms with van der Waals surface area (Å²) in [4.78, 5) is 0. The Morgan fingerprint density at radius 1 is 1.20 bits per heavy atom. The topological polar surface area (TPSA) is 26.0 Å². The van der Waals surface area contributed by atoms with Crippen molar-refractivity contribution in [2.75, 3.05) is 0 Å². The Morgan fingerprint density at radius 2 is 1.87 bits per heavy atom. The Bertz CT molecular complexity index is 337. The summed E-state index contributed by atoms with van der Waals surface area (Å²) in [7, 11) is 0. The van der Waals surface area contributed by atoms with Crippen LogP contribution in [0.5, 0.6) is 0 Å². The van der Waals surface area contributed by atoms with Crippen LogP contribution >= 0.6 is 0 Å². The van der Waals surface area contributed by atoms with Crippen LogP contribution in [0.25, 0.3) is 5.57 Å². The highest BCUT2D eigenvalue weighted by molar-refractivity contribution is 5.73. The molecule has 0 radical (unpaired) electrons. The molecule has 0 saturated carbocycles. The highest BCUT2D eigenvalue weighted by Gasteiger charge is 2.13. The monoisotopic (exact) mass is 203 g/mol. The van der Waals surface area contributed by atoms with Crippen LogP contribution in [0.1, 0.15) is 38.3 Å². The van der Waals surface area contributed by atoms with E-state index in [-0.39, 0.29) is 6.04 Å². The van der Waals surface area contributed by atoms with Crippen LogP contribution in [-0.2, 0) is 6.42 Å². The zero-order valence-corrected chi connectivity index (χ0v) is 9.96. The van der Waals surface area contributed by atoms with Crippen LogP contribution in [-0.4, -0.2) is 6.04 Å². The fourth-order valence-corrected chi connectivity index (χ4v) is 1.94. The van der Waals surface area contributed by atoms with Crippen molar-refractivity contribution in [1.29, 1.82) is 0 Å². The van der Waals surface area contributed by atoms with E-state index in [9.17, 15) is 0 Å². The fourth-order valence-electron chi connectivity index (χ4n) is 1.94. The SMILES string of the molecule is CC.CC(N)C1=CCCc2ccccc21. The van der Waals surface area contributed by atoms with Crippen LogP contribution in [0.3, 0.4) is 0 Å². The summed E-state index contributed by atoms with van der Waals surface area (Å²) in [5.74, 6) is 0. The first kappa shape index (κ1) is 12.0. The summed E-state index contributed by atoms with van der Waals surface area (Å²) < 4.78 is 0. The second kappa shape index (κ2) is 5.72. The standard InChI is InChI=1S/C12H15N.C2H6/c1-9(13)11-8-4-6-10-5-2-3-7-12(10)11;1-2/h2-3,5,7-9H,4,6,13H2,1H3;1-2H3. The van der Waals surface area contributed by atoms with Gasteiger partial charge < -0.3 is 5.73 Å². The van der Waals surface area contributed by atoms with Crippen molar-refractivity contribution in [2.45, 2.75) is 39.7 Å². The normalized spacial score (nSPS) is 15.6. The van der Waals surface area contributed by atoms with Crippen molar-refractivity contribution >= 4 is 5.57 Å². The molecule has 1 atom stereocenters. The average molecular weight is 203 g/mol. The zero-order chi connectivity index (χ0) is 11.3. The fraction of sp³-hybridized carbons (Fsp3) is 0.429. The van der Waals surface area contributed by atoms with Gasteiger partial charge in [-0.3, -0.25) is 0 Å². The Morgan fingerprint density at radius 3 is 2.53 bits per heavy atom. The van der Waals surface area contributed by atoms with E-state index in [1.165, 1.54) is 16.7 Å². The number of benzene rings is 1. The third kappa shape index (κ3) is 2.69. The molecule has 2 rings (SSSR count). The maximum atomic E-state index is 5.91. The molecule has 82 valence electrons. The highest BCUT2D eigenvalue weighted by atomic mass is 14.6. The zero-order valence-electron chi connectivity index (χ0n) is 9.96. The molecule has 2 N–H and O–H groups in total. The van der Waals surface area contributed by atoms with Crippen molar-refractivity contribution in [1.82, 2.24) is 0 Å². The van der Waals surface area contributed by atoms with E-state index >= 15 is 0 Å². The van der Waals surface area contributed by atoms with Gasteiger partial charge in [0.25, 0.3) is 0 Å². The lowest BCUT2D eigenvalue weighted by atomic mass is 9.88. The smallest absolute Gasteiger partial charge is 0.0268 e. The van der Waals surface area contributed by atoms with Gasteiger partial charge in [0.05, 0.1) is 0 Å². The molecule has 1 aromatic rings. The van der Waals surface area contributed by atoms with Crippen molar-refractivity contribution in [2.24, 2.45) is 5.73 Å². The number of rotatable bonds is 1. The molecule has 0 saturated heterocycles. The van der Waals surface area contributed by atoms with Gasteiger partial charge in [-0.15, -0.1) is 0 Å². The minimum absolute atomic E-state index is 0.154. The van der Waals surface area contributed by atoms with E-state index in [1.807, 2.05) is 20.8 Å². The van der Waals surface area contributed by atoms with E-state index in [1.54, 1.807) is 0 Å². The quantitative estimate of drug-likeness (QED) is 0.744. The first-order chi connectivity index (χ1) is 7.29. The Balaban J connectivity index is 0.000000531. The Kier molecular flexibility index (Phi) is 4.57. The first-order valence-corrected chi connectivity index (χ1v) is 5.83. The predicted octanol–water partition coefficient (Wildman–Crippen LogP) is 3.39. The van der Waals surface area contributed by atoms with Crippen LogP contribution in [0.15, 0.2) is 30.3 Å². The average Bonchev–Trinajstić information content (AvgIpc) is 2.31. The van der Waals surface area contributed by atoms with E-state index in [2.05, 4.69) is 30.3 Å². The number of fused-ring (bicyclic) bond motifs is 1. The van der Waals surface area contributed by atoms with Crippen molar-refractivity contribution in [3.63, 3.8) is 0 Å². The van der Waals surface area contributed by atoms with Crippen LogP contribution in [0.4, 0.5) is 0 Å². The van der Waals surface area contributed by atoms with Gasteiger partial charge in [-0.1, -0.05) is 44.2 Å². The molecule has 0 aliphatic heterocycles. The van der Waals surface area contributed by atoms with Gasteiger partial charge in [-0.05, 0) is 36.5 Å². The van der Waals surface area contributed by atoms with Crippen LogP contribution in [0.2, 0.25) is 0 Å². The van der Waals surface area contributed by atoms with Gasteiger partial charge in [0.1, 0.15) is 0 Å². The number of allylic oxidation sites excluding steroid dienone is 1. The molecule has 0 amide bonds. The number of nitrogens with two attached hydrogens (primary N) is 1. The van der Waals surface area contributed by atoms with Crippen molar-refractivity contribution in [3.05, 3.63) is 41.5 Å². The second-order valence-corrected chi connectivity index (χ2v) is 3.64. The van der Waals surface area contributed by atoms with E-state index in [0.717, 1.165) is 12.8 Å². The third-order valence-corrected chi connectivity index (χ3v) is 2.60. The Hall–Kier alpha value is -1.08. The van der Waals surface area contributed by atoms with Gasteiger partial charge in [0, 0.05) is 6.04 Å². The predicted molar refractivity (Wildman–Crippen MR) is 67.7 cm³/mol. The first-order valence-electron chi connectivity index (χ1n) is 5.83. The summed E-state index contributed by atoms with van der Waals surface area (Å²) in [5.41, 5.74) is 10.0. The van der Waals surface area contributed by atoms with Crippen molar-refractivity contribution < 1.29 is 0 Å². The molecule has 1 aromatic carbocycles. The minimum Gasteiger partial charge on any atom is -0.324 e. The second-order valence-electron chi connectivity index (χ2n) is 3.64. The minimum atomic E-state index is 0.154. The molecule has 1 heteroatoms. The van der Waals surface area contributed by atoms with E-state index in [0.29, 0.717) is 0 Å². The molecule has 1 unspecified atom stereocenters. The van der Waals surface area contributed by atoms with Gasteiger partial charge in [0.2, 0.25) is 0 Å². The van der Waals surface area contributed by atoms with Gasteiger partial charge in [0.15, 0.2) is 0 Å². The molecule has 1 aliphatic carbocycles. The molecule has 0 fully saturated rings. The molecule has 1 aliphatic rings. The van der Waals surface area contributed by atoms with Crippen LogP contribution in [0, 0.1) is 0 Å². The maximum Gasteiger partial charge on any atom is 0.0268 e. The number of aryl methyl sites for hydroxylation is 1. The van der Waals surface area contributed by atoms with Gasteiger partial charge >= 0.3 is 0 Å². The molecule has 0 spiro atoms. The molecule has 0 bridgehead atoms. The van der Waals surface area contributed by atoms with Gasteiger partial charge in [-0.2, -0.15) is 0 Å². The largest absolute Gasteiger partial charge is 0.324 e. The number of hydrogen-bond donors (Lipinski definition) is 1. The van der Waals surface area contributed by atoms with Crippen LogP contribution < -0.4 is 5.73 Å². The molecular formula is C14H21N. The van der Waals surface area contributed by atoms with Crippen molar-refractivity contribution in [3.8, 4) is 0 Å². The lowest BCUT2D eigenvalue weighted by Crippen LogP contribution is -2.19. The summed E-state index contributed by atoms with van der Waals surface area (Å²) >= 11 is 0. The summed E-state index contributed by atoms with van der Waals surface area (Å²) in [6.45, 7) is 6.05. The number of hydrogen-bond acceptors (Lipinski definition) is 1. The Labute approximate surface area is 93.0 Å². The maximum absolute atomic E-state index is 5.91. The molecule has 1 nitrogen and oxygen atoms in total. The van der Waals surface area contributed by atoms with E-state index < -0.39 is 0 Å². The molecule has 0 aromatic heterocycles. The highest BCUT2D eigenvalue weighted by Crippen LogP contribution is 2.27. The summed E-state index contributed by atoms with van der Waals surface area (Å²) in [5, 5.41) is 0. The summed E-state index contributed by atoms with van der Waals surface area (Å²) in [6.07, 6.45) is 4.56. The third-order valence-electron chi connectivity index (χ3n) is 2.60. The molecule has 15 heavy (non-hydrogen) atoms. The lowest BCUT2D eigenvalue weighted by Gasteiger charge is -2.20. The van der Waals surface area contributed by atoms with Gasteiger partial charge in [-0.25, -0.2) is 0 Å². The molecule has 0 heterocycles. The summed E-state index contributed by atoms with van der Waals surface area (Å²) in [6, 6.07) is 8.71. The molecular weight excluding hydrogens is 182 g/mol.